The van der Waals surface area contributed by atoms with Gasteiger partial charge in [-0.1, -0.05) is 6.92 Å². The normalized spacial score (nSPS) is 10.7. The molecule has 0 saturated carbocycles. The maximum absolute atomic E-state index is 12.2. The number of esters is 3. The second-order valence-corrected chi connectivity index (χ2v) is 4.70. The Morgan fingerprint density at radius 2 is 1.42 bits per heavy atom. The van der Waals surface area contributed by atoms with Gasteiger partial charge in [-0.25, -0.2) is 4.79 Å². The van der Waals surface area contributed by atoms with Crippen molar-refractivity contribution >= 4 is 23.8 Å². The lowest BCUT2D eigenvalue weighted by molar-refractivity contribution is -0.179. The van der Waals surface area contributed by atoms with Crippen LogP contribution < -0.4 is 5.32 Å². The molecule has 1 N–H and O–H groups in total. The van der Waals surface area contributed by atoms with E-state index < -0.39 is 42.4 Å². The van der Waals surface area contributed by atoms with Crippen molar-refractivity contribution in [3.05, 3.63) is 0 Å². The predicted molar refractivity (Wildman–Crippen MR) is 81.8 cm³/mol. The highest BCUT2D eigenvalue weighted by Gasteiger charge is 2.49. The topological polar surface area (TPSA) is 117 Å². The van der Waals surface area contributed by atoms with Gasteiger partial charge in [-0.3, -0.25) is 14.4 Å². The third-order valence-electron chi connectivity index (χ3n) is 3.15. The lowest BCUT2D eigenvalue weighted by atomic mass is 9.86. The number of nitrogens with one attached hydrogen (secondary N) is 1. The fraction of sp³-hybridized carbons (Fsp3) is 0.733. The molecule has 0 radical (unpaired) electrons. The monoisotopic (exact) mass is 347 g/mol. The molecule has 0 aliphatic rings. The van der Waals surface area contributed by atoms with E-state index in [1.54, 1.807) is 20.8 Å². The van der Waals surface area contributed by atoms with E-state index in [1.165, 1.54) is 7.05 Å². The molecule has 24 heavy (non-hydrogen) atoms. The first-order chi connectivity index (χ1) is 11.4. The molecule has 0 fully saturated rings. The maximum atomic E-state index is 12.2. The Kier molecular flexibility index (Phi) is 10.4. The Morgan fingerprint density at radius 3 is 1.83 bits per heavy atom. The van der Waals surface area contributed by atoms with Gasteiger partial charge in [0.05, 0.1) is 13.2 Å². The van der Waals surface area contributed by atoms with Crippen molar-refractivity contribution in [1.29, 1.82) is 0 Å². The third kappa shape index (κ3) is 6.53. The fourth-order valence-corrected chi connectivity index (χ4v) is 1.67. The van der Waals surface area contributed by atoms with Crippen LogP contribution in [0.15, 0.2) is 0 Å². The number of carbonyl (C=O) groups is 4. The van der Waals surface area contributed by atoms with Crippen LogP contribution in [0.2, 0.25) is 0 Å². The number of likely N-dealkylation sites (N-methyl/N-ethyl adjacent to an activating group) is 1. The van der Waals surface area contributed by atoms with E-state index >= 15 is 0 Å². The Labute approximate surface area is 140 Å². The summed E-state index contributed by atoms with van der Waals surface area (Å²) < 4.78 is 19.6. The summed E-state index contributed by atoms with van der Waals surface area (Å²) in [6.45, 7) is 3.61. The Hall–Kier alpha value is -2.16. The molecule has 0 spiro atoms. The lowest BCUT2D eigenvalue weighted by Gasteiger charge is -2.27. The molecule has 9 heteroatoms. The highest BCUT2D eigenvalue weighted by molar-refractivity contribution is 6.00. The predicted octanol–water partition coefficient (Wildman–Crippen LogP) is -0.185. The summed E-state index contributed by atoms with van der Waals surface area (Å²) in [6, 6.07) is 0. The fourth-order valence-electron chi connectivity index (χ4n) is 1.67. The van der Waals surface area contributed by atoms with Crippen LogP contribution in [-0.2, 0) is 38.1 Å². The highest BCUT2D eigenvalue weighted by atomic mass is 16.6. The molecule has 0 aromatic heterocycles. The minimum absolute atomic E-state index is 0.0387. The summed E-state index contributed by atoms with van der Waals surface area (Å²) in [5.74, 6) is -2.84. The van der Waals surface area contributed by atoms with Gasteiger partial charge in [-0.2, -0.15) is 0 Å². The molecule has 0 aromatic carbocycles. The zero-order chi connectivity index (χ0) is 18.6. The van der Waals surface area contributed by atoms with Gasteiger partial charge >= 0.3 is 17.9 Å². The van der Waals surface area contributed by atoms with Crippen LogP contribution in [0.5, 0.6) is 0 Å². The highest BCUT2D eigenvalue weighted by Crippen LogP contribution is 2.27. The SMILES string of the molecule is CCOC(=O)C(CC)(COC(=O)COCC(=O)NC)C(=O)OCC. The van der Waals surface area contributed by atoms with E-state index in [0.717, 1.165) is 0 Å². The van der Waals surface area contributed by atoms with Gasteiger partial charge in [0.1, 0.15) is 19.8 Å². The molecule has 0 aliphatic heterocycles. The number of ether oxygens (including phenoxy) is 4. The molecule has 0 atom stereocenters. The van der Waals surface area contributed by atoms with Crippen LogP contribution in [0, 0.1) is 5.41 Å². The van der Waals surface area contributed by atoms with Crippen molar-refractivity contribution in [2.45, 2.75) is 27.2 Å². The largest absolute Gasteiger partial charge is 0.465 e. The van der Waals surface area contributed by atoms with E-state index in [2.05, 4.69) is 5.32 Å². The molecule has 0 aliphatic carbocycles. The Balaban J connectivity index is 4.81. The van der Waals surface area contributed by atoms with Gasteiger partial charge in [0.15, 0.2) is 5.41 Å². The Bertz CT molecular complexity index is 431. The molecule has 0 heterocycles. The molecule has 138 valence electrons. The maximum Gasteiger partial charge on any atom is 0.332 e. The quantitative estimate of drug-likeness (QED) is 0.311. The summed E-state index contributed by atoms with van der Waals surface area (Å²) >= 11 is 0. The van der Waals surface area contributed by atoms with Crippen molar-refractivity contribution in [3.63, 3.8) is 0 Å². The van der Waals surface area contributed by atoms with Crippen LogP contribution in [-0.4, -0.2) is 63.9 Å². The summed E-state index contributed by atoms with van der Waals surface area (Å²) in [7, 11) is 1.43. The molecular weight excluding hydrogens is 322 g/mol. The molecule has 0 saturated heterocycles. The van der Waals surface area contributed by atoms with Crippen molar-refractivity contribution in [2.24, 2.45) is 5.41 Å². The van der Waals surface area contributed by atoms with Crippen LogP contribution in [0.1, 0.15) is 27.2 Å². The van der Waals surface area contributed by atoms with Gasteiger partial charge in [0.25, 0.3) is 0 Å². The minimum Gasteiger partial charge on any atom is -0.465 e. The number of rotatable bonds is 11. The number of hydrogen-bond donors (Lipinski definition) is 1. The van der Waals surface area contributed by atoms with E-state index in [9.17, 15) is 19.2 Å². The van der Waals surface area contributed by atoms with Gasteiger partial charge in [0.2, 0.25) is 5.91 Å². The molecule has 0 bridgehead atoms. The smallest absolute Gasteiger partial charge is 0.332 e. The summed E-state index contributed by atoms with van der Waals surface area (Å²) in [4.78, 5) is 47.0. The van der Waals surface area contributed by atoms with E-state index in [-0.39, 0.29) is 26.2 Å². The number of hydrogen-bond acceptors (Lipinski definition) is 8. The second kappa shape index (κ2) is 11.4. The van der Waals surface area contributed by atoms with Gasteiger partial charge in [-0.05, 0) is 20.3 Å². The summed E-state index contributed by atoms with van der Waals surface area (Å²) in [5.41, 5.74) is -1.72. The summed E-state index contributed by atoms with van der Waals surface area (Å²) in [5, 5.41) is 2.32. The third-order valence-corrected chi connectivity index (χ3v) is 3.15. The lowest BCUT2D eigenvalue weighted by Crippen LogP contribution is -2.46. The average Bonchev–Trinajstić information content (AvgIpc) is 2.56. The Morgan fingerprint density at radius 1 is 0.875 bits per heavy atom. The van der Waals surface area contributed by atoms with Crippen LogP contribution in [0.25, 0.3) is 0 Å². The molecule has 0 rings (SSSR count). The van der Waals surface area contributed by atoms with Gasteiger partial charge < -0.3 is 24.3 Å². The molecule has 0 aromatic rings. The van der Waals surface area contributed by atoms with Gasteiger partial charge in [0, 0.05) is 7.05 Å². The standard InChI is InChI=1S/C15H25NO8/c1-5-15(13(19)22-6-2,14(20)23-7-3)10-24-12(18)9-21-8-11(17)16-4/h5-10H2,1-4H3,(H,16,17). The summed E-state index contributed by atoms with van der Waals surface area (Å²) in [6.07, 6.45) is 0.0387. The van der Waals surface area contributed by atoms with Crippen LogP contribution in [0.4, 0.5) is 0 Å². The number of carbonyl (C=O) groups excluding carboxylic acids is 4. The number of amides is 1. The molecule has 9 nitrogen and oxygen atoms in total. The zero-order valence-electron chi connectivity index (χ0n) is 14.5. The molecular formula is C15H25NO8. The molecule has 0 unspecified atom stereocenters. The van der Waals surface area contributed by atoms with Gasteiger partial charge in [-0.15, -0.1) is 0 Å². The van der Waals surface area contributed by atoms with Crippen molar-refractivity contribution in [1.82, 2.24) is 5.32 Å². The van der Waals surface area contributed by atoms with Crippen molar-refractivity contribution < 1.29 is 38.1 Å². The second-order valence-electron chi connectivity index (χ2n) is 4.70. The van der Waals surface area contributed by atoms with Crippen molar-refractivity contribution in [2.75, 3.05) is 40.1 Å². The van der Waals surface area contributed by atoms with E-state index in [0.29, 0.717) is 0 Å². The zero-order valence-corrected chi connectivity index (χ0v) is 14.5. The average molecular weight is 347 g/mol. The minimum atomic E-state index is -1.72. The van der Waals surface area contributed by atoms with E-state index in [1.807, 2.05) is 0 Å². The molecule has 1 amide bonds. The van der Waals surface area contributed by atoms with Crippen LogP contribution >= 0.6 is 0 Å². The first-order valence-electron chi connectivity index (χ1n) is 7.66. The first-order valence-corrected chi connectivity index (χ1v) is 7.66. The van der Waals surface area contributed by atoms with E-state index in [4.69, 9.17) is 18.9 Å². The first kappa shape index (κ1) is 21.8. The van der Waals surface area contributed by atoms with Crippen molar-refractivity contribution in [3.8, 4) is 0 Å². The van der Waals surface area contributed by atoms with Crippen LogP contribution in [0.3, 0.4) is 0 Å².